The number of sulfonamides is 1. The summed E-state index contributed by atoms with van der Waals surface area (Å²) in [5.41, 5.74) is -0.945. The minimum Gasteiger partial charge on any atom is -0.496 e. The molecule has 3 saturated carbocycles. The van der Waals surface area contributed by atoms with E-state index in [1.807, 2.05) is 31.4 Å². The van der Waals surface area contributed by atoms with Crippen LogP contribution in [0.25, 0.3) is 21.0 Å². The summed E-state index contributed by atoms with van der Waals surface area (Å²) < 4.78 is 46.3. The Labute approximate surface area is 342 Å². The van der Waals surface area contributed by atoms with Crippen molar-refractivity contribution >= 4 is 66.2 Å². The van der Waals surface area contributed by atoms with E-state index in [9.17, 15) is 27.6 Å². The summed E-state index contributed by atoms with van der Waals surface area (Å²) in [6, 6.07) is 4.00. The lowest BCUT2D eigenvalue weighted by Gasteiger charge is -2.35. The lowest BCUT2D eigenvalue weighted by molar-refractivity contribution is -0.142. The minimum atomic E-state index is -3.90. The number of amides is 4. The van der Waals surface area contributed by atoms with Crippen LogP contribution in [-0.4, -0.2) is 91.4 Å². The molecule has 8 rings (SSSR count). The first-order valence-electron chi connectivity index (χ1n) is 20.5. The van der Waals surface area contributed by atoms with Crippen LogP contribution in [0.4, 0.5) is 4.79 Å². The van der Waals surface area contributed by atoms with E-state index in [0.717, 1.165) is 77.2 Å². The van der Waals surface area contributed by atoms with Gasteiger partial charge in [0.1, 0.15) is 34.3 Å². The molecule has 5 atom stereocenters. The topological polar surface area (TPSA) is 182 Å². The maximum absolute atomic E-state index is 14.9. The molecule has 5 aliphatic rings. The fourth-order valence-corrected chi connectivity index (χ4v) is 11.2. The number of aryl methyl sites for hydroxylation is 1. The lowest BCUT2D eigenvalue weighted by Crippen LogP contribution is -2.59. The van der Waals surface area contributed by atoms with E-state index in [0.29, 0.717) is 25.1 Å². The van der Waals surface area contributed by atoms with Gasteiger partial charge in [-0.15, -0.1) is 17.9 Å². The Bertz CT molecular complexity index is 2250. The Morgan fingerprint density at radius 3 is 2.57 bits per heavy atom. The molecule has 3 N–H and O–H groups in total. The van der Waals surface area contributed by atoms with Gasteiger partial charge in [-0.05, 0) is 91.8 Å². The van der Waals surface area contributed by atoms with Crippen molar-refractivity contribution in [3.63, 3.8) is 0 Å². The number of carbonyl (C=O) groups excluding carboxylic acids is 4. The molecule has 2 aliphatic heterocycles. The number of fused-ring (bicyclic) bond motifs is 5. The Kier molecular flexibility index (Phi) is 10.9. The third-order valence-electron chi connectivity index (χ3n) is 12.7. The fraction of sp³-hybridized carbons (Fsp3) is 0.595. The molecule has 4 fully saturated rings. The number of methoxy groups -OCH3 is 1. The molecule has 3 aliphatic carbocycles. The monoisotopic (exact) mass is 835 g/mol. The van der Waals surface area contributed by atoms with Gasteiger partial charge in [0, 0.05) is 28.5 Å². The molecule has 0 unspecified atom stereocenters. The first-order chi connectivity index (χ1) is 27.7. The van der Waals surface area contributed by atoms with Crippen molar-refractivity contribution < 1.29 is 41.8 Å². The van der Waals surface area contributed by atoms with E-state index < -0.39 is 68.7 Å². The van der Waals surface area contributed by atoms with E-state index in [-0.39, 0.29) is 37.3 Å². The van der Waals surface area contributed by atoms with Crippen LogP contribution >= 0.6 is 11.3 Å². The maximum Gasteiger partial charge on any atom is 0.407 e. The van der Waals surface area contributed by atoms with Gasteiger partial charge >= 0.3 is 6.09 Å². The summed E-state index contributed by atoms with van der Waals surface area (Å²) in [7, 11) is -2.25. The number of rotatable bonds is 8. The minimum absolute atomic E-state index is 0.00129. The van der Waals surface area contributed by atoms with Gasteiger partial charge in [0.15, 0.2) is 0 Å². The highest BCUT2D eigenvalue weighted by Gasteiger charge is 2.62. The number of thiophene rings is 1. The zero-order valence-electron chi connectivity index (χ0n) is 33.3. The first-order valence-corrected chi connectivity index (χ1v) is 22.9. The normalized spacial score (nSPS) is 28.2. The molecule has 3 aromatic rings. The molecule has 14 nitrogen and oxygen atoms in total. The third kappa shape index (κ3) is 7.97. The van der Waals surface area contributed by atoms with Gasteiger partial charge in [-0.25, -0.2) is 18.2 Å². The van der Waals surface area contributed by atoms with Crippen LogP contribution < -0.4 is 24.8 Å². The highest BCUT2D eigenvalue weighted by atomic mass is 32.2. The first kappa shape index (κ1) is 40.3. The van der Waals surface area contributed by atoms with Gasteiger partial charge in [0.05, 0.1) is 25.5 Å². The zero-order valence-corrected chi connectivity index (χ0v) is 35.0. The van der Waals surface area contributed by atoms with E-state index in [2.05, 4.69) is 28.0 Å². The summed E-state index contributed by atoms with van der Waals surface area (Å²) in [4.78, 5) is 63.9. The molecule has 0 radical (unpaired) electrons. The predicted octanol–water partition coefficient (Wildman–Crippen LogP) is 5.51. The quantitative estimate of drug-likeness (QED) is 0.245. The number of hydrogen-bond donors (Lipinski definition) is 3. The second kappa shape index (κ2) is 15.6. The summed E-state index contributed by atoms with van der Waals surface area (Å²) in [5, 5.41) is 9.76. The molecule has 2 aromatic heterocycles. The summed E-state index contributed by atoms with van der Waals surface area (Å²) in [6.07, 6.45) is 7.76. The molecule has 0 spiro atoms. The molecule has 4 heterocycles. The standard InChI is InChI=1S/C42H53N5O9S2/c1-5-26-21-42(26,39(50)46-58(52,53)28-13-14-28)45-35(48)32-19-27-22-47(32)38(49)34(24-10-7-6-8-11-24)43-40(51)55-23-41(2,3)16-9-12-25-18-31-30(20-33(25)54-4)29-15-17-57-37(29)44-36(31)56-27/h5,15,17-18,20,24,26-28,32,34H,1,6-14,16,19,21-23H2,2-4H3,(H,43,51)(H,45,48)(H,46,50)/t26-,27-,32+,34+,42-/m1/s1. The van der Waals surface area contributed by atoms with E-state index in [1.165, 1.54) is 22.3 Å². The number of hydrogen-bond acceptors (Lipinski definition) is 11. The molecule has 58 heavy (non-hydrogen) atoms. The van der Waals surface area contributed by atoms with Crippen molar-refractivity contribution in [3.8, 4) is 11.6 Å². The van der Waals surface area contributed by atoms with E-state index in [4.69, 9.17) is 19.2 Å². The van der Waals surface area contributed by atoms with Gasteiger partial charge in [-0.3, -0.25) is 19.1 Å². The van der Waals surface area contributed by atoms with Crippen molar-refractivity contribution in [1.82, 2.24) is 25.2 Å². The number of nitrogens with zero attached hydrogens (tertiary/aromatic N) is 2. The number of ether oxygens (including phenoxy) is 3. The Morgan fingerprint density at radius 1 is 1.09 bits per heavy atom. The molecule has 16 heteroatoms. The molecule has 1 aromatic carbocycles. The second-order valence-corrected chi connectivity index (χ2v) is 20.4. The maximum atomic E-state index is 14.9. The Balaban J connectivity index is 1.17. The highest BCUT2D eigenvalue weighted by molar-refractivity contribution is 7.91. The smallest absolute Gasteiger partial charge is 0.407 e. The molecular weight excluding hydrogens is 783 g/mol. The second-order valence-electron chi connectivity index (χ2n) is 17.5. The lowest BCUT2D eigenvalue weighted by atomic mass is 9.83. The molecule has 4 bridgehead atoms. The molecule has 312 valence electrons. The number of carbonyl (C=O) groups is 4. The van der Waals surface area contributed by atoms with Crippen molar-refractivity contribution in [1.29, 1.82) is 0 Å². The van der Waals surface area contributed by atoms with Crippen molar-refractivity contribution in [2.24, 2.45) is 17.3 Å². The van der Waals surface area contributed by atoms with Crippen molar-refractivity contribution in [2.45, 2.75) is 120 Å². The fourth-order valence-electron chi connectivity index (χ4n) is 9.08. The van der Waals surface area contributed by atoms with Crippen molar-refractivity contribution in [3.05, 3.63) is 41.8 Å². The number of pyridine rings is 1. The predicted molar refractivity (Wildman–Crippen MR) is 219 cm³/mol. The van der Waals surface area contributed by atoms with Gasteiger partial charge in [-0.2, -0.15) is 0 Å². The van der Waals surface area contributed by atoms with Crippen LogP contribution in [0, 0.1) is 17.3 Å². The third-order valence-corrected chi connectivity index (χ3v) is 15.3. The highest BCUT2D eigenvalue weighted by Crippen LogP contribution is 2.46. The Hall–Kier alpha value is -4.44. The van der Waals surface area contributed by atoms with Gasteiger partial charge < -0.3 is 29.7 Å². The summed E-state index contributed by atoms with van der Waals surface area (Å²) in [5.74, 6) is -1.48. The average Bonchev–Trinajstić information content (AvgIpc) is 4.09. The largest absolute Gasteiger partial charge is 0.496 e. The van der Waals surface area contributed by atoms with Crippen LogP contribution in [0.5, 0.6) is 11.6 Å². The number of nitrogens with one attached hydrogen (secondary N) is 3. The van der Waals surface area contributed by atoms with Gasteiger partial charge in [-0.1, -0.05) is 39.2 Å². The molecule has 1 saturated heterocycles. The van der Waals surface area contributed by atoms with Gasteiger partial charge in [0.25, 0.3) is 5.91 Å². The summed E-state index contributed by atoms with van der Waals surface area (Å²) >= 11 is 1.48. The van der Waals surface area contributed by atoms with E-state index in [1.54, 1.807) is 7.11 Å². The van der Waals surface area contributed by atoms with Crippen LogP contribution in [0.2, 0.25) is 0 Å². The summed E-state index contributed by atoms with van der Waals surface area (Å²) in [6.45, 7) is 8.05. The van der Waals surface area contributed by atoms with Crippen LogP contribution in [0.1, 0.15) is 90.0 Å². The number of cyclic esters (lactones) is 1. The number of benzene rings is 1. The molecular formula is C42H53N5O9S2. The number of aromatic nitrogens is 1. The van der Waals surface area contributed by atoms with Gasteiger partial charge in [0.2, 0.25) is 27.7 Å². The van der Waals surface area contributed by atoms with Crippen LogP contribution in [0.15, 0.2) is 36.2 Å². The van der Waals surface area contributed by atoms with E-state index >= 15 is 0 Å². The Morgan fingerprint density at radius 2 is 1.86 bits per heavy atom. The number of alkyl carbamates (subject to hydrolysis) is 1. The SMILES string of the molecule is C=C[C@@H]1C[C@]1(NC(=O)[C@@H]1C[C@@H]2CN1C(=O)[C@H](C1CCCCC1)NC(=O)OCC(C)(C)CCCc1cc3c(nc4sccc4c3cc1OC)O2)C(=O)NS(=O)(=O)C1CC1. The van der Waals surface area contributed by atoms with Crippen LogP contribution in [0.3, 0.4) is 0 Å². The van der Waals surface area contributed by atoms with Crippen LogP contribution in [-0.2, 0) is 35.6 Å². The molecule has 4 amide bonds. The average molecular weight is 836 g/mol. The van der Waals surface area contributed by atoms with Crippen molar-refractivity contribution in [2.75, 3.05) is 20.3 Å². The zero-order chi connectivity index (χ0) is 41.0.